The van der Waals surface area contributed by atoms with E-state index < -0.39 is 6.10 Å². The maximum absolute atomic E-state index is 10.5. The van der Waals surface area contributed by atoms with E-state index in [0.717, 1.165) is 27.6 Å². The molecule has 3 aromatic rings. The summed E-state index contributed by atoms with van der Waals surface area (Å²) in [6, 6.07) is 17.8. The van der Waals surface area contributed by atoms with Gasteiger partial charge < -0.3 is 5.11 Å². The highest BCUT2D eigenvalue weighted by Gasteiger charge is 2.10. The summed E-state index contributed by atoms with van der Waals surface area (Å²) in [5, 5.41) is 11.5. The average Bonchev–Trinajstić information content (AvgIpc) is 2.46. The van der Waals surface area contributed by atoms with Gasteiger partial charge in [-0.25, -0.2) is 0 Å². The van der Waals surface area contributed by atoms with Gasteiger partial charge in [0.1, 0.15) is 6.10 Å². The van der Waals surface area contributed by atoms with Crippen LogP contribution >= 0.6 is 0 Å². The third kappa shape index (κ3) is 2.35. The van der Waals surface area contributed by atoms with Crippen LogP contribution in [0.25, 0.3) is 10.9 Å². The van der Waals surface area contributed by atoms with Gasteiger partial charge in [0.2, 0.25) is 0 Å². The lowest BCUT2D eigenvalue weighted by atomic mass is 9.99. The molecule has 0 spiro atoms. The first-order valence-corrected chi connectivity index (χ1v) is 6.33. The minimum Gasteiger partial charge on any atom is -0.384 e. The Morgan fingerprint density at radius 2 is 1.79 bits per heavy atom. The van der Waals surface area contributed by atoms with E-state index >= 15 is 0 Å². The van der Waals surface area contributed by atoms with Gasteiger partial charge in [-0.05, 0) is 36.2 Å². The highest BCUT2D eigenvalue weighted by Crippen LogP contribution is 2.25. The molecule has 0 aliphatic rings. The van der Waals surface area contributed by atoms with E-state index in [-0.39, 0.29) is 0 Å². The average molecular weight is 249 g/mol. The third-order valence-electron chi connectivity index (χ3n) is 3.30. The second kappa shape index (κ2) is 4.82. The summed E-state index contributed by atoms with van der Waals surface area (Å²) in [6.45, 7) is 2.03. The zero-order valence-corrected chi connectivity index (χ0v) is 10.7. The number of fused-ring (bicyclic) bond motifs is 1. The smallest absolute Gasteiger partial charge is 0.104 e. The molecule has 1 N–H and O–H groups in total. The Labute approximate surface area is 112 Å². The van der Waals surface area contributed by atoms with Gasteiger partial charge in [0, 0.05) is 11.6 Å². The molecule has 0 bridgehead atoms. The van der Waals surface area contributed by atoms with Crippen LogP contribution in [0.4, 0.5) is 0 Å². The maximum atomic E-state index is 10.5. The molecule has 3 rings (SSSR count). The molecule has 1 atom stereocenters. The summed E-state index contributed by atoms with van der Waals surface area (Å²) in [6.07, 6.45) is 1.18. The summed E-state index contributed by atoms with van der Waals surface area (Å²) in [5.74, 6) is 0. The monoisotopic (exact) mass is 249 g/mol. The number of nitrogens with zero attached hydrogens (tertiary/aromatic N) is 1. The van der Waals surface area contributed by atoms with E-state index in [9.17, 15) is 5.11 Å². The molecule has 2 nitrogen and oxygen atoms in total. The number of aromatic nitrogens is 1. The lowest BCUT2D eigenvalue weighted by Gasteiger charge is -2.12. The first-order valence-electron chi connectivity index (χ1n) is 6.33. The molecule has 1 heterocycles. The van der Waals surface area contributed by atoms with Crippen LogP contribution in [0.15, 0.2) is 60.8 Å². The molecule has 0 fully saturated rings. The molecular formula is C17H15NO. The summed E-state index contributed by atoms with van der Waals surface area (Å²) < 4.78 is 0. The lowest BCUT2D eigenvalue weighted by molar-refractivity contribution is 0.220. The summed E-state index contributed by atoms with van der Waals surface area (Å²) >= 11 is 0. The number of rotatable bonds is 2. The SMILES string of the molecule is Cc1cccc(C(O)c2ccc3ncccc3c2)c1. The predicted octanol–water partition coefficient (Wildman–Crippen LogP) is 3.62. The minimum absolute atomic E-state index is 0.593. The van der Waals surface area contributed by atoms with Crippen LogP contribution in [0.1, 0.15) is 22.8 Å². The molecule has 0 saturated heterocycles. The number of hydrogen-bond donors (Lipinski definition) is 1. The topological polar surface area (TPSA) is 33.1 Å². The highest BCUT2D eigenvalue weighted by molar-refractivity contribution is 5.79. The summed E-state index contributed by atoms with van der Waals surface area (Å²) in [7, 11) is 0. The number of aryl methyl sites for hydroxylation is 1. The van der Waals surface area contributed by atoms with Gasteiger partial charge in [-0.3, -0.25) is 4.98 Å². The largest absolute Gasteiger partial charge is 0.384 e. The van der Waals surface area contributed by atoms with Crippen LogP contribution < -0.4 is 0 Å². The number of benzene rings is 2. The molecule has 19 heavy (non-hydrogen) atoms. The van der Waals surface area contributed by atoms with Gasteiger partial charge in [0.05, 0.1) is 5.52 Å². The second-order valence-electron chi connectivity index (χ2n) is 4.77. The molecule has 94 valence electrons. The zero-order chi connectivity index (χ0) is 13.2. The Morgan fingerprint density at radius 3 is 2.63 bits per heavy atom. The highest BCUT2D eigenvalue weighted by atomic mass is 16.3. The van der Waals surface area contributed by atoms with Crippen LogP contribution in [0.3, 0.4) is 0 Å². The fourth-order valence-corrected chi connectivity index (χ4v) is 2.30. The van der Waals surface area contributed by atoms with Crippen LogP contribution in [0.2, 0.25) is 0 Å². The van der Waals surface area contributed by atoms with E-state index in [4.69, 9.17) is 0 Å². The second-order valence-corrected chi connectivity index (χ2v) is 4.77. The number of hydrogen-bond acceptors (Lipinski definition) is 2. The van der Waals surface area contributed by atoms with Crippen molar-refractivity contribution in [1.29, 1.82) is 0 Å². The molecule has 2 heteroatoms. The van der Waals surface area contributed by atoms with Crippen molar-refractivity contribution in [2.45, 2.75) is 13.0 Å². The zero-order valence-electron chi connectivity index (χ0n) is 10.7. The predicted molar refractivity (Wildman–Crippen MR) is 77.0 cm³/mol. The van der Waals surface area contributed by atoms with E-state index in [0.29, 0.717) is 0 Å². The Morgan fingerprint density at radius 1 is 0.947 bits per heavy atom. The Hall–Kier alpha value is -2.19. The summed E-state index contributed by atoms with van der Waals surface area (Å²) in [4.78, 5) is 4.29. The van der Waals surface area contributed by atoms with Crippen molar-refractivity contribution in [3.05, 3.63) is 77.5 Å². The third-order valence-corrected chi connectivity index (χ3v) is 3.30. The van der Waals surface area contributed by atoms with Crippen molar-refractivity contribution in [1.82, 2.24) is 4.98 Å². The fourth-order valence-electron chi connectivity index (χ4n) is 2.30. The van der Waals surface area contributed by atoms with Crippen LogP contribution in [-0.2, 0) is 0 Å². The molecule has 0 radical (unpaired) electrons. The summed E-state index contributed by atoms with van der Waals surface area (Å²) in [5.41, 5.74) is 3.91. The van der Waals surface area contributed by atoms with Crippen molar-refractivity contribution in [3.63, 3.8) is 0 Å². The number of pyridine rings is 1. The van der Waals surface area contributed by atoms with Gasteiger partial charge >= 0.3 is 0 Å². The van der Waals surface area contributed by atoms with E-state index in [2.05, 4.69) is 4.98 Å². The van der Waals surface area contributed by atoms with Crippen LogP contribution in [0, 0.1) is 6.92 Å². The van der Waals surface area contributed by atoms with Crippen molar-refractivity contribution in [3.8, 4) is 0 Å². The Kier molecular flexibility index (Phi) is 3.02. The Balaban J connectivity index is 2.04. The molecular weight excluding hydrogens is 234 g/mol. The van der Waals surface area contributed by atoms with Crippen LogP contribution in [-0.4, -0.2) is 10.1 Å². The van der Waals surface area contributed by atoms with E-state index in [1.54, 1.807) is 6.20 Å². The molecule has 2 aromatic carbocycles. The number of aliphatic hydroxyl groups is 1. The van der Waals surface area contributed by atoms with Gasteiger partial charge in [-0.15, -0.1) is 0 Å². The molecule has 1 unspecified atom stereocenters. The first kappa shape index (κ1) is 11.9. The number of aliphatic hydroxyl groups excluding tert-OH is 1. The van der Waals surface area contributed by atoms with Crippen molar-refractivity contribution < 1.29 is 5.11 Å². The van der Waals surface area contributed by atoms with E-state index in [1.165, 1.54) is 0 Å². The Bertz CT molecular complexity index is 721. The molecule has 1 aromatic heterocycles. The van der Waals surface area contributed by atoms with Gasteiger partial charge in [0.15, 0.2) is 0 Å². The van der Waals surface area contributed by atoms with Crippen molar-refractivity contribution >= 4 is 10.9 Å². The van der Waals surface area contributed by atoms with Crippen LogP contribution in [0.5, 0.6) is 0 Å². The lowest BCUT2D eigenvalue weighted by Crippen LogP contribution is -1.99. The minimum atomic E-state index is -0.593. The van der Waals surface area contributed by atoms with Crippen molar-refractivity contribution in [2.75, 3.05) is 0 Å². The van der Waals surface area contributed by atoms with Gasteiger partial charge in [-0.2, -0.15) is 0 Å². The molecule has 0 aliphatic heterocycles. The quantitative estimate of drug-likeness (QED) is 0.752. The van der Waals surface area contributed by atoms with E-state index in [1.807, 2.05) is 61.5 Å². The molecule has 0 saturated carbocycles. The molecule has 0 amide bonds. The standard InChI is InChI=1S/C17H15NO/c1-12-4-2-5-14(10-12)17(19)15-7-8-16-13(11-15)6-3-9-18-16/h2-11,17,19H,1H3. The van der Waals surface area contributed by atoms with Gasteiger partial charge in [0.25, 0.3) is 0 Å². The first-order chi connectivity index (χ1) is 9.24. The molecule has 0 aliphatic carbocycles. The van der Waals surface area contributed by atoms with Crippen molar-refractivity contribution in [2.24, 2.45) is 0 Å². The van der Waals surface area contributed by atoms with Gasteiger partial charge in [-0.1, -0.05) is 42.0 Å². The normalized spacial score (nSPS) is 12.5. The fraction of sp³-hybridized carbons (Fsp3) is 0.118. The maximum Gasteiger partial charge on any atom is 0.104 e.